The molecule has 218 valence electrons. The highest BCUT2D eigenvalue weighted by atomic mass is 16.6. The van der Waals surface area contributed by atoms with E-state index in [-0.39, 0.29) is 0 Å². The van der Waals surface area contributed by atoms with Crippen molar-refractivity contribution < 1.29 is 83.7 Å². The van der Waals surface area contributed by atoms with Crippen LogP contribution in [0.2, 0.25) is 0 Å². The molecule has 1 aromatic carbocycles. The smallest absolute Gasteiger partial charge is 0.343 e. The second-order valence-corrected chi connectivity index (χ2v) is 7.31. The molecule has 0 heterocycles. The van der Waals surface area contributed by atoms with Gasteiger partial charge in [0.1, 0.15) is 12.7 Å². The lowest BCUT2D eigenvalue weighted by molar-refractivity contribution is -0.148. The lowest BCUT2D eigenvalue weighted by Crippen LogP contribution is -2.31. The van der Waals surface area contributed by atoms with E-state index >= 15 is 0 Å². The van der Waals surface area contributed by atoms with Crippen molar-refractivity contribution in [3.8, 4) is 23.0 Å². The average Bonchev–Trinajstić information content (AvgIpc) is 2.94. The lowest BCUT2D eigenvalue weighted by Gasteiger charge is -2.20. The molecular weight excluding hydrogens is 536 g/mol. The van der Waals surface area contributed by atoms with E-state index in [2.05, 4.69) is 4.74 Å². The minimum absolute atomic E-state index is 0.434. The molecule has 1 aromatic rings. The van der Waals surface area contributed by atoms with Gasteiger partial charge in [-0.15, -0.1) is 0 Å². The van der Waals surface area contributed by atoms with Crippen molar-refractivity contribution >= 4 is 30.0 Å². The van der Waals surface area contributed by atoms with Crippen LogP contribution in [0.3, 0.4) is 0 Å². The molecule has 8 N–H and O–H groups in total. The van der Waals surface area contributed by atoms with Crippen LogP contribution in [0.25, 0.3) is 6.08 Å². The fraction of sp³-hybridized carbons (Fsp3) is 0.455. The normalized spacial score (nSPS) is 14.2. The fourth-order valence-corrected chi connectivity index (χ4v) is 2.38. The Morgan fingerprint density at radius 1 is 0.744 bits per heavy atom. The number of ether oxygens (including phenoxy) is 5. The number of aliphatic hydroxyl groups excluding tert-OH is 8. The molecule has 17 heteroatoms. The third-order valence-electron chi connectivity index (χ3n) is 4.37. The SMILES string of the molecule is COc1c(OC(=O)C(O)CO)cc(C=CC(=O)OCC(O)CO)c(OC(=O)C(O)CO)c1OC(=O)C(O)CO. The van der Waals surface area contributed by atoms with Crippen molar-refractivity contribution in [2.75, 3.05) is 40.1 Å². The average molecular weight is 564 g/mol. The Hall–Kier alpha value is -3.68. The van der Waals surface area contributed by atoms with Gasteiger partial charge in [0.25, 0.3) is 0 Å². The van der Waals surface area contributed by atoms with Gasteiger partial charge in [-0.25, -0.2) is 19.2 Å². The maximum atomic E-state index is 12.2. The molecule has 0 aliphatic rings. The first kappa shape index (κ1) is 33.3. The number of hydrogen-bond donors (Lipinski definition) is 8. The quantitative estimate of drug-likeness (QED) is 0.0565. The molecule has 0 saturated heterocycles. The van der Waals surface area contributed by atoms with E-state index in [0.29, 0.717) is 6.08 Å². The van der Waals surface area contributed by atoms with E-state index in [1.807, 2.05) is 0 Å². The molecule has 0 bridgehead atoms. The summed E-state index contributed by atoms with van der Waals surface area (Å²) in [6.45, 7) is -4.61. The zero-order chi connectivity index (χ0) is 29.7. The number of carbonyl (C=O) groups is 4. The Morgan fingerprint density at radius 3 is 1.69 bits per heavy atom. The van der Waals surface area contributed by atoms with Gasteiger partial charge in [0.15, 0.2) is 29.8 Å². The maximum absolute atomic E-state index is 12.2. The second-order valence-electron chi connectivity index (χ2n) is 7.31. The summed E-state index contributed by atoms with van der Waals surface area (Å²) in [7, 11) is 0.961. The molecule has 1 rings (SSSR count). The van der Waals surface area contributed by atoms with E-state index in [0.717, 1.165) is 19.3 Å². The number of rotatable bonds is 15. The van der Waals surface area contributed by atoms with Crippen LogP contribution in [0.4, 0.5) is 0 Å². The van der Waals surface area contributed by atoms with Crippen LogP contribution in [0.15, 0.2) is 12.1 Å². The van der Waals surface area contributed by atoms with Gasteiger partial charge in [-0.2, -0.15) is 0 Å². The summed E-state index contributed by atoms with van der Waals surface area (Å²) in [5, 5.41) is 74.0. The molecule has 0 aliphatic carbocycles. The summed E-state index contributed by atoms with van der Waals surface area (Å²) in [6, 6.07) is 0.862. The van der Waals surface area contributed by atoms with E-state index in [1.165, 1.54) is 0 Å². The summed E-state index contributed by atoms with van der Waals surface area (Å²) in [5.41, 5.74) is -0.434. The van der Waals surface area contributed by atoms with Crippen molar-refractivity contribution in [2.24, 2.45) is 0 Å². The van der Waals surface area contributed by atoms with Gasteiger partial charge in [0.05, 0.1) is 33.5 Å². The predicted molar refractivity (Wildman–Crippen MR) is 122 cm³/mol. The minimum Gasteiger partial charge on any atom is -0.490 e. The van der Waals surface area contributed by atoms with Crippen LogP contribution in [-0.4, -0.2) is 129 Å². The largest absolute Gasteiger partial charge is 0.490 e. The van der Waals surface area contributed by atoms with Gasteiger partial charge < -0.3 is 64.5 Å². The van der Waals surface area contributed by atoms with Crippen molar-refractivity contribution in [1.82, 2.24) is 0 Å². The molecule has 0 radical (unpaired) electrons. The number of carbonyl (C=O) groups excluding carboxylic acids is 4. The molecule has 0 fully saturated rings. The van der Waals surface area contributed by atoms with Gasteiger partial charge >= 0.3 is 23.9 Å². The first-order valence-corrected chi connectivity index (χ1v) is 10.8. The topological polar surface area (TPSA) is 276 Å². The van der Waals surface area contributed by atoms with Crippen LogP contribution < -0.4 is 18.9 Å². The third kappa shape index (κ3) is 9.85. The number of methoxy groups -OCH3 is 1. The van der Waals surface area contributed by atoms with Crippen molar-refractivity contribution in [1.29, 1.82) is 0 Å². The molecular formula is C22H28O17. The molecule has 17 nitrogen and oxygen atoms in total. The second kappa shape index (κ2) is 16.3. The Balaban J connectivity index is 3.80. The van der Waals surface area contributed by atoms with Crippen LogP contribution in [-0.2, 0) is 23.9 Å². The molecule has 0 spiro atoms. The first-order chi connectivity index (χ1) is 18.4. The summed E-state index contributed by atoms with van der Waals surface area (Å²) >= 11 is 0. The zero-order valence-corrected chi connectivity index (χ0v) is 20.3. The van der Waals surface area contributed by atoms with Gasteiger partial charge in [-0.3, -0.25) is 0 Å². The van der Waals surface area contributed by atoms with Crippen LogP contribution in [0, 0.1) is 0 Å². The first-order valence-electron chi connectivity index (χ1n) is 10.8. The Kier molecular flexibility index (Phi) is 14.0. The van der Waals surface area contributed by atoms with E-state index in [1.54, 1.807) is 0 Å². The Morgan fingerprint density at radius 2 is 1.23 bits per heavy atom. The van der Waals surface area contributed by atoms with E-state index < -0.39 is 110 Å². The van der Waals surface area contributed by atoms with Gasteiger partial charge in [-0.05, 0) is 12.1 Å². The number of esters is 4. The fourth-order valence-electron chi connectivity index (χ4n) is 2.38. The molecule has 4 unspecified atom stereocenters. The Labute approximate surface area is 219 Å². The minimum atomic E-state index is -2.13. The van der Waals surface area contributed by atoms with E-state index in [4.69, 9.17) is 39.4 Å². The van der Waals surface area contributed by atoms with Crippen LogP contribution >= 0.6 is 0 Å². The van der Waals surface area contributed by atoms with Crippen molar-refractivity contribution in [3.63, 3.8) is 0 Å². The highest BCUT2D eigenvalue weighted by molar-refractivity contribution is 5.90. The summed E-state index contributed by atoms with van der Waals surface area (Å²) in [5.74, 6) is -8.64. The van der Waals surface area contributed by atoms with Gasteiger partial charge in [0.2, 0.25) is 11.5 Å². The summed E-state index contributed by atoms with van der Waals surface area (Å²) in [4.78, 5) is 48.6. The zero-order valence-electron chi connectivity index (χ0n) is 20.3. The molecule has 39 heavy (non-hydrogen) atoms. The molecule has 0 aromatic heterocycles. The Bertz CT molecular complexity index is 1040. The van der Waals surface area contributed by atoms with Crippen LogP contribution in [0.1, 0.15) is 5.56 Å². The summed E-state index contributed by atoms with van der Waals surface area (Å²) in [6.07, 6.45) is -6.14. The number of benzene rings is 1. The monoisotopic (exact) mass is 564 g/mol. The third-order valence-corrected chi connectivity index (χ3v) is 4.37. The van der Waals surface area contributed by atoms with Crippen LogP contribution in [0.5, 0.6) is 23.0 Å². The highest BCUT2D eigenvalue weighted by Gasteiger charge is 2.31. The molecule has 0 saturated carbocycles. The molecule has 0 amide bonds. The molecule has 0 aliphatic heterocycles. The highest BCUT2D eigenvalue weighted by Crippen LogP contribution is 2.48. The van der Waals surface area contributed by atoms with Gasteiger partial charge in [-0.1, -0.05) is 0 Å². The van der Waals surface area contributed by atoms with Crippen molar-refractivity contribution in [3.05, 3.63) is 17.7 Å². The predicted octanol–water partition coefficient (Wildman–Crippen LogP) is -4.62. The lowest BCUT2D eigenvalue weighted by atomic mass is 10.1. The number of hydrogen-bond acceptors (Lipinski definition) is 17. The molecule has 4 atom stereocenters. The van der Waals surface area contributed by atoms with Gasteiger partial charge in [0, 0.05) is 11.6 Å². The standard InChI is InChI=1S/C22H28O17/c1-35-18-15(37-20(32)12(28)6-24)4-10(2-3-16(31)36-9-11(27)5-23)17(38-21(33)13(29)7-25)19(18)39-22(34)14(30)8-26/h2-4,11-14,23-30H,5-9H2,1H3. The number of aliphatic hydroxyl groups is 8. The van der Waals surface area contributed by atoms with Crippen molar-refractivity contribution in [2.45, 2.75) is 24.4 Å². The maximum Gasteiger partial charge on any atom is 0.343 e. The summed E-state index contributed by atoms with van der Waals surface area (Å²) < 4.78 is 24.7. The van der Waals surface area contributed by atoms with E-state index in [9.17, 15) is 39.6 Å².